The van der Waals surface area contributed by atoms with Gasteiger partial charge in [0.15, 0.2) is 0 Å². The van der Waals surface area contributed by atoms with Crippen LogP contribution in [0.3, 0.4) is 0 Å². The summed E-state index contributed by atoms with van der Waals surface area (Å²) in [6, 6.07) is 12.9. The predicted octanol–water partition coefficient (Wildman–Crippen LogP) is 6.70. The molecule has 6 nitrogen and oxygen atoms in total. The lowest BCUT2D eigenvalue weighted by Crippen LogP contribution is -2.28. The smallest absolute Gasteiger partial charge is 0.421 e. The Balaban J connectivity index is 1.98. The quantitative estimate of drug-likeness (QED) is 0.297. The van der Waals surface area contributed by atoms with Crippen molar-refractivity contribution in [2.24, 2.45) is 0 Å². The summed E-state index contributed by atoms with van der Waals surface area (Å²) in [6.45, 7) is 5.39. The molecule has 1 aliphatic rings. The molecule has 4 rings (SSSR count). The molecule has 1 atom stereocenters. The number of hydrogen-bond acceptors (Lipinski definition) is 5. The van der Waals surface area contributed by atoms with Gasteiger partial charge < -0.3 is 14.2 Å². The van der Waals surface area contributed by atoms with Crippen LogP contribution in [0.4, 0.5) is 4.79 Å². The van der Waals surface area contributed by atoms with Gasteiger partial charge in [-0.2, -0.15) is 0 Å². The van der Waals surface area contributed by atoms with E-state index in [9.17, 15) is 9.59 Å². The maximum Gasteiger partial charge on any atom is 0.421 e. The largest absolute Gasteiger partial charge is 0.466 e. The molecule has 172 valence electrons. The van der Waals surface area contributed by atoms with Crippen LogP contribution in [0.25, 0.3) is 10.9 Å². The number of aromatic nitrogens is 1. The number of halogens is 2. The SMILES string of the molecule is COC(=O)/C=C1/CC(c2ccc(Cl)c(Cl)c2)c2c(n(C(=O)OC(C)(C)C)c3ccccc23)O1. The number of para-hydroxylation sites is 1. The fraction of sp³-hybridized carbons (Fsp3) is 0.280. The van der Waals surface area contributed by atoms with Crippen molar-refractivity contribution >= 4 is 46.2 Å². The highest BCUT2D eigenvalue weighted by Crippen LogP contribution is 2.48. The van der Waals surface area contributed by atoms with Crippen molar-refractivity contribution in [2.75, 3.05) is 7.11 Å². The number of methoxy groups -OCH3 is 1. The highest BCUT2D eigenvalue weighted by molar-refractivity contribution is 6.42. The van der Waals surface area contributed by atoms with E-state index in [0.717, 1.165) is 16.5 Å². The number of benzene rings is 2. The number of rotatable bonds is 2. The standard InChI is InChI=1S/C25H23Cl2NO5/c1-25(2,3)33-24(30)28-20-8-6-5-7-16(20)22-17(14-9-10-18(26)19(27)11-14)12-15(32-23(22)28)13-21(29)31-4/h5-11,13,17H,12H2,1-4H3/b15-13-. The molecule has 8 heteroatoms. The fourth-order valence-electron chi connectivity index (χ4n) is 3.93. The number of carbonyl (C=O) groups is 2. The second-order valence-corrected chi connectivity index (χ2v) is 9.53. The third kappa shape index (κ3) is 4.59. The van der Waals surface area contributed by atoms with Gasteiger partial charge in [0.1, 0.15) is 11.4 Å². The first-order valence-corrected chi connectivity index (χ1v) is 11.1. The van der Waals surface area contributed by atoms with Gasteiger partial charge in [-0.05, 0) is 44.5 Å². The molecule has 0 bridgehead atoms. The molecule has 3 aromatic rings. The molecule has 0 N–H and O–H groups in total. The summed E-state index contributed by atoms with van der Waals surface area (Å²) in [5.74, 6) is -0.157. The summed E-state index contributed by atoms with van der Waals surface area (Å²) in [7, 11) is 1.29. The van der Waals surface area contributed by atoms with Crippen LogP contribution in [0.2, 0.25) is 10.0 Å². The average Bonchev–Trinajstić information content (AvgIpc) is 3.08. The Kier molecular flexibility index (Phi) is 6.16. The maximum atomic E-state index is 13.2. The van der Waals surface area contributed by atoms with Crippen LogP contribution >= 0.6 is 23.2 Å². The van der Waals surface area contributed by atoms with Crippen molar-refractivity contribution in [3.05, 3.63) is 75.5 Å². The van der Waals surface area contributed by atoms with E-state index >= 15 is 0 Å². The van der Waals surface area contributed by atoms with Crippen molar-refractivity contribution in [3.63, 3.8) is 0 Å². The molecule has 0 saturated carbocycles. The normalized spacial score (nSPS) is 16.9. The average molecular weight is 488 g/mol. The molecule has 0 aliphatic carbocycles. The first-order chi connectivity index (χ1) is 15.6. The molecule has 1 unspecified atom stereocenters. The second kappa shape index (κ2) is 8.76. The molecular formula is C25H23Cl2NO5. The van der Waals surface area contributed by atoms with E-state index in [4.69, 9.17) is 37.4 Å². The minimum absolute atomic E-state index is 0.256. The number of esters is 1. The topological polar surface area (TPSA) is 66.8 Å². The predicted molar refractivity (Wildman–Crippen MR) is 127 cm³/mol. The fourth-order valence-corrected chi connectivity index (χ4v) is 4.24. The number of nitrogens with zero attached hydrogens (tertiary/aromatic N) is 1. The Morgan fingerprint density at radius 1 is 1.12 bits per heavy atom. The van der Waals surface area contributed by atoms with E-state index in [1.54, 1.807) is 32.9 Å². The summed E-state index contributed by atoms with van der Waals surface area (Å²) < 4.78 is 18.0. The number of allylic oxidation sites excluding steroid dienone is 1. The Morgan fingerprint density at radius 3 is 2.52 bits per heavy atom. The summed E-state index contributed by atoms with van der Waals surface area (Å²) in [4.78, 5) is 25.2. The van der Waals surface area contributed by atoms with Gasteiger partial charge in [-0.3, -0.25) is 0 Å². The maximum absolute atomic E-state index is 13.2. The Hall–Kier alpha value is -2.96. The summed E-state index contributed by atoms with van der Waals surface area (Å²) in [5, 5.41) is 1.69. The number of fused-ring (bicyclic) bond motifs is 3. The van der Waals surface area contributed by atoms with Crippen molar-refractivity contribution in [3.8, 4) is 5.88 Å². The van der Waals surface area contributed by atoms with Gasteiger partial charge in [-0.1, -0.05) is 47.5 Å². The van der Waals surface area contributed by atoms with Crippen LogP contribution in [0.1, 0.15) is 44.2 Å². The van der Waals surface area contributed by atoms with Gasteiger partial charge in [0, 0.05) is 23.3 Å². The van der Waals surface area contributed by atoms with E-state index < -0.39 is 17.7 Å². The number of hydrogen-bond donors (Lipinski definition) is 0. The number of ether oxygens (including phenoxy) is 3. The zero-order valence-corrected chi connectivity index (χ0v) is 20.2. The molecular weight excluding hydrogens is 465 g/mol. The Morgan fingerprint density at radius 2 is 1.85 bits per heavy atom. The Labute approximate surface area is 201 Å². The van der Waals surface area contributed by atoms with Gasteiger partial charge in [0.25, 0.3) is 0 Å². The van der Waals surface area contributed by atoms with Crippen LogP contribution in [-0.2, 0) is 14.3 Å². The van der Waals surface area contributed by atoms with Crippen LogP contribution in [0.15, 0.2) is 54.3 Å². The molecule has 0 radical (unpaired) electrons. The van der Waals surface area contributed by atoms with E-state index in [0.29, 0.717) is 33.6 Å². The first kappa shape index (κ1) is 23.2. The summed E-state index contributed by atoms with van der Waals surface area (Å²) >= 11 is 12.5. The molecule has 0 amide bonds. The Bertz CT molecular complexity index is 1290. The van der Waals surface area contributed by atoms with Crippen molar-refractivity contribution < 1.29 is 23.8 Å². The van der Waals surface area contributed by atoms with Crippen LogP contribution in [-0.4, -0.2) is 29.3 Å². The zero-order chi connectivity index (χ0) is 23.9. The third-order valence-electron chi connectivity index (χ3n) is 5.25. The van der Waals surface area contributed by atoms with Crippen molar-refractivity contribution in [2.45, 2.75) is 38.7 Å². The molecule has 0 spiro atoms. The molecule has 0 fully saturated rings. The molecule has 1 aromatic heterocycles. The van der Waals surface area contributed by atoms with Gasteiger partial charge in [-0.15, -0.1) is 0 Å². The highest BCUT2D eigenvalue weighted by Gasteiger charge is 2.36. The van der Waals surface area contributed by atoms with Crippen molar-refractivity contribution in [1.29, 1.82) is 0 Å². The monoisotopic (exact) mass is 487 g/mol. The number of carbonyl (C=O) groups excluding carboxylic acids is 2. The van der Waals surface area contributed by atoms with Crippen LogP contribution in [0, 0.1) is 0 Å². The zero-order valence-electron chi connectivity index (χ0n) is 18.6. The lowest BCUT2D eigenvalue weighted by molar-refractivity contribution is -0.135. The lowest BCUT2D eigenvalue weighted by atomic mass is 9.86. The van der Waals surface area contributed by atoms with E-state index in [2.05, 4.69) is 0 Å². The molecule has 2 aromatic carbocycles. The minimum Gasteiger partial charge on any atom is -0.466 e. The van der Waals surface area contributed by atoms with Crippen LogP contribution in [0.5, 0.6) is 5.88 Å². The van der Waals surface area contributed by atoms with Gasteiger partial charge in [-0.25, -0.2) is 14.2 Å². The summed E-state index contributed by atoms with van der Waals surface area (Å²) in [5.41, 5.74) is 1.60. The highest BCUT2D eigenvalue weighted by atomic mass is 35.5. The molecule has 0 saturated heterocycles. The van der Waals surface area contributed by atoms with Gasteiger partial charge in [0.2, 0.25) is 5.88 Å². The van der Waals surface area contributed by atoms with Crippen LogP contribution < -0.4 is 4.74 Å². The molecule has 1 aliphatic heterocycles. The van der Waals surface area contributed by atoms with Gasteiger partial charge >= 0.3 is 12.1 Å². The van der Waals surface area contributed by atoms with E-state index in [1.165, 1.54) is 17.8 Å². The third-order valence-corrected chi connectivity index (χ3v) is 5.99. The molecule has 33 heavy (non-hydrogen) atoms. The second-order valence-electron chi connectivity index (χ2n) is 8.72. The van der Waals surface area contributed by atoms with E-state index in [-0.39, 0.29) is 5.92 Å². The minimum atomic E-state index is -0.711. The lowest BCUT2D eigenvalue weighted by Gasteiger charge is -2.27. The molecule has 2 heterocycles. The first-order valence-electron chi connectivity index (χ1n) is 10.4. The van der Waals surface area contributed by atoms with E-state index in [1.807, 2.05) is 30.3 Å². The van der Waals surface area contributed by atoms with Crippen molar-refractivity contribution in [1.82, 2.24) is 4.57 Å². The van der Waals surface area contributed by atoms with Gasteiger partial charge in [0.05, 0.1) is 28.7 Å². The summed E-state index contributed by atoms with van der Waals surface area (Å²) in [6.07, 6.45) is 1.07.